The average Bonchev–Trinajstić information content (AvgIpc) is 2.63. The molecule has 1 aliphatic rings. The summed E-state index contributed by atoms with van der Waals surface area (Å²) in [4.78, 5) is 11.0. The van der Waals surface area contributed by atoms with Crippen molar-refractivity contribution in [1.82, 2.24) is 0 Å². The van der Waals surface area contributed by atoms with E-state index in [4.69, 9.17) is 5.11 Å². The summed E-state index contributed by atoms with van der Waals surface area (Å²) in [5, 5.41) is 32.5. The van der Waals surface area contributed by atoms with E-state index >= 15 is 0 Å². The van der Waals surface area contributed by atoms with Crippen LogP contribution in [0.25, 0.3) is 0 Å². The predicted molar refractivity (Wildman–Crippen MR) is 110 cm³/mol. The van der Waals surface area contributed by atoms with Gasteiger partial charge in [0.15, 0.2) is 0 Å². The van der Waals surface area contributed by atoms with Gasteiger partial charge in [-0.3, -0.25) is 0 Å². The molecular weight excluding hydrogens is 354 g/mol. The number of phenols is 1. The van der Waals surface area contributed by atoms with E-state index in [1.165, 1.54) is 23.3 Å². The molecule has 2 aromatic rings. The first-order chi connectivity index (χ1) is 13.0. The number of benzene rings is 2. The van der Waals surface area contributed by atoms with Gasteiger partial charge in [-0.05, 0) is 52.5 Å². The van der Waals surface area contributed by atoms with E-state index in [2.05, 4.69) is 45.1 Å². The third kappa shape index (κ3) is 3.85. The molecule has 5 nitrogen and oxygen atoms in total. The Bertz CT molecular complexity index is 901. The standard InChI is InChI=1S/C23H29NO4/c1-22(2)9-10-23(3,4)18-11-14(5-8-17(18)22)20(26)13-24-15-6-7-16(21(27)28)19(25)12-15/h5-8,11-12,20,24-26H,9-10,13H2,1-4H3,(H,27,28). The third-order valence-corrected chi connectivity index (χ3v) is 5.99. The number of carboxylic acid groups (broad SMARTS) is 1. The number of hydrogen-bond acceptors (Lipinski definition) is 4. The van der Waals surface area contributed by atoms with Gasteiger partial charge >= 0.3 is 5.97 Å². The smallest absolute Gasteiger partial charge is 0.339 e. The minimum absolute atomic E-state index is 0.0759. The van der Waals surface area contributed by atoms with Crippen LogP contribution in [0.4, 0.5) is 5.69 Å². The predicted octanol–water partition coefficient (Wildman–Crippen LogP) is 4.58. The lowest BCUT2D eigenvalue weighted by atomic mass is 9.63. The zero-order valence-corrected chi connectivity index (χ0v) is 16.9. The van der Waals surface area contributed by atoms with Crippen LogP contribution in [0.5, 0.6) is 5.75 Å². The maximum atomic E-state index is 11.0. The van der Waals surface area contributed by atoms with Gasteiger partial charge < -0.3 is 20.6 Å². The Labute approximate surface area is 166 Å². The fourth-order valence-corrected chi connectivity index (χ4v) is 3.97. The van der Waals surface area contributed by atoms with Crippen LogP contribution in [0.15, 0.2) is 36.4 Å². The number of aliphatic hydroxyl groups excluding tert-OH is 1. The highest BCUT2D eigenvalue weighted by Gasteiger charge is 2.37. The van der Waals surface area contributed by atoms with Crippen LogP contribution in [0.2, 0.25) is 0 Å². The lowest BCUT2D eigenvalue weighted by Gasteiger charge is -2.42. The Morgan fingerprint density at radius 1 is 1.04 bits per heavy atom. The van der Waals surface area contributed by atoms with Gasteiger partial charge in [-0.15, -0.1) is 0 Å². The van der Waals surface area contributed by atoms with Crippen molar-refractivity contribution in [2.75, 3.05) is 11.9 Å². The number of aliphatic hydroxyl groups is 1. The van der Waals surface area contributed by atoms with Crippen molar-refractivity contribution in [2.24, 2.45) is 0 Å². The lowest BCUT2D eigenvalue weighted by molar-refractivity contribution is 0.0693. The summed E-state index contributed by atoms with van der Waals surface area (Å²) < 4.78 is 0. The highest BCUT2D eigenvalue weighted by molar-refractivity contribution is 5.91. The van der Waals surface area contributed by atoms with Crippen molar-refractivity contribution in [2.45, 2.75) is 57.5 Å². The molecule has 2 aromatic carbocycles. The van der Waals surface area contributed by atoms with Gasteiger partial charge in [0.05, 0.1) is 6.10 Å². The number of carbonyl (C=O) groups is 1. The van der Waals surface area contributed by atoms with E-state index in [0.717, 1.165) is 18.4 Å². The first kappa shape index (κ1) is 20.2. The molecule has 0 bridgehead atoms. The number of aromatic carboxylic acids is 1. The Morgan fingerprint density at radius 3 is 2.29 bits per heavy atom. The third-order valence-electron chi connectivity index (χ3n) is 5.99. The van der Waals surface area contributed by atoms with Gasteiger partial charge in [0.1, 0.15) is 11.3 Å². The van der Waals surface area contributed by atoms with Crippen LogP contribution in [0, 0.1) is 0 Å². The first-order valence-corrected chi connectivity index (χ1v) is 9.64. The molecule has 0 amide bonds. The second kappa shape index (κ2) is 7.13. The molecule has 5 heteroatoms. The van der Waals surface area contributed by atoms with Crippen molar-refractivity contribution in [3.05, 3.63) is 58.7 Å². The Kier molecular flexibility index (Phi) is 5.15. The molecule has 1 aliphatic carbocycles. The average molecular weight is 383 g/mol. The van der Waals surface area contributed by atoms with Crippen LogP contribution < -0.4 is 5.32 Å². The molecule has 1 atom stereocenters. The van der Waals surface area contributed by atoms with Gasteiger partial charge in [-0.2, -0.15) is 0 Å². The summed E-state index contributed by atoms with van der Waals surface area (Å²) >= 11 is 0. The van der Waals surface area contributed by atoms with Gasteiger partial charge in [-0.1, -0.05) is 45.9 Å². The molecule has 4 N–H and O–H groups in total. The number of rotatable bonds is 5. The summed E-state index contributed by atoms with van der Waals surface area (Å²) in [7, 11) is 0. The number of hydrogen-bond donors (Lipinski definition) is 4. The van der Waals surface area contributed by atoms with Crippen LogP contribution in [-0.4, -0.2) is 27.8 Å². The van der Waals surface area contributed by atoms with E-state index in [1.54, 1.807) is 6.07 Å². The van der Waals surface area contributed by atoms with E-state index in [0.29, 0.717) is 5.69 Å². The highest BCUT2D eigenvalue weighted by Crippen LogP contribution is 2.46. The Hall–Kier alpha value is -2.53. The quantitative estimate of drug-likeness (QED) is 0.607. The molecule has 0 saturated heterocycles. The number of anilines is 1. The summed E-state index contributed by atoms with van der Waals surface area (Å²) in [5.41, 5.74) is 4.11. The van der Waals surface area contributed by atoms with Crippen molar-refractivity contribution in [1.29, 1.82) is 0 Å². The van der Waals surface area contributed by atoms with Crippen molar-refractivity contribution in [3.63, 3.8) is 0 Å². The van der Waals surface area contributed by atoms with Crippen LogP contribution >= 0.6 is 0 Å². The van der Waals surface area contributed by atoms with Crippen LogP contribution in [-0.2, 0) is 10.8 Å². The highest BCUT2D eigenvalue weighted by atomic mass is 16.4. The number of nitrogens with one attached hydrogen (secondary N) is 1. The molecule has 0 fully saturated rings. The minimum atomic E-state index is -1.18. The second-order valence-electron chi connectivity index (χ2n) is 9.01. The molecule has 0 aromatic heterocycles. The summed E-state index contributed by atoms with van der Waals surface area (Å²) in [6, 6.07) is 10.5. The number of aromatic hydroxyl groups is 1. The zero-order valence-electron chi connectivity index (χ0n) is 16.9. The van der Waals surface area contributed by atoms with Gasteiger partial charge in [0.2, 0.25) is 0 Å². The Morgan fingerprint density at radius 2 is 1.68 bits per heavy atom. The van der Waals surface area contributed by atoms with Gasteiger partial charge in [0, 0.05) is 18.3 Å². The largest absolute Gasteiger partial charge is 0.507 e. The summed E-state index contributed by atoms with van der Waals surface area (Å²) in [6.07, 6.45) is 1.54. The van der Waals surface area contributed by atoms with Crippen LogP contribution in [0.3, 0.4) is 0 Å². The fourth-order valence-electron chi connectivity index (χ4n) is 3.97. The maximum Gasteiger partial charge on any atom is 0.339 e. The van der Waals surface area contributed by atoms with E-state index in [-0.39, 0.29) is 28.7 Å². The van der Waals surface area contributed by atoms with Crippen molar-refractivity contribution < 1.29 is 20.1 Å². The lowest BCUT2D eigenvalue weighted by Crippen LogP contribution is -2.34. The van der Waals surface area contributed by atoms with Gasteiger partial charge in [0.25, 0.3) is 0 Å². The minimum Gasteiger partial charge on any atom is -0.507 e. The SMILES string of the molecule is CC1(C)CCC(C)(C)c2cc(C(O)CNc3ccc(C(=O)O)c(O)c3)ccc21. The second-order valence-corrected chi connectivity index (χ2v) is 9.01. The van der Waals surface area contributed by atoms with E-state index in [1.807, 2.05) is 6.07 Å². The molecule has 3 rings (SSSR count). The molecule has 0 saturated carbocycles. The molecule has 150 valence electrons. The topological polar surface area (TPSA) is 89.8 Å². The van der Waals surface area contributed by atoms with Crippen molar-refractivity contribution >= 4 is 11.7 Å². The molecule has 0 spiro atoms. The fraction of sp³-hybridized carbons (Fsp3) is 0.435. The summed E-state index contributed by atoms with van der Waals surface area (Å²) in [6.45, 7) is 9.30. The number of fused-ring (bicyclic) bond motifs is 1. The maximum absolute atomic E-state index is 11.0. The van der Waals surface area contributed by atoms with E-state index < -0.39 is 12.1 Å². The molecule has 1 unspecified atom stereocenters. The molecular formula is C23H29NO4. The molecule has 0 aliphatic heterocycles. The number of carboxylic acids is 1. The molecule has 0 radical (unpaired) electrons. The molecule has 0 heterocycles. The van der Waals surface area contributed by atoms with Crippen LogP contribution in [0.1, 0.15) is 73.7 Å². The van der Waals surface area contributed by atoms with E-state index in [9.17, 15) is 15.0 Å². The monoisotopic (exact) mass is 383 g/mol. The van der Waals surface area contributed by atoms with Crippen molar-refractivity contribution in [3.8, 4) is 5.75 Å². The summed E-state index contributed by atoms with van der Waals surface area (Å²) in [5.74, 6) is -1.48. The first-order valence-electron chi connectivity index (χ1n) is 9.64. The zero-order chi connectivity index (χ0) is 20.7. The molecule has 28 heavy (non-hydrogen) atoms. The Balaban J connectivity index is 1.78. The normalized spacial score (nSPS) is 18.2. The van der Waals surface area contributed by atoms with Gasteiger partial charge in [-0.25, -0.2) is 4.79 Å².